The molecule has 1 aliphatic rings. The second kappa shape index (κ2) is 8.52. The summed E-state index contributed by atoms with van der Waals surface area (Å²) in [5.74, 6) is -4.79. The normalized spacial score (nSPS) is 16.7. The maximum Gasteiger partial charge on any atom is 0.405 e. The molecule has 176 valence electrons. The molecule has 1 saturated carbocycles. The van der Waals surface area contributed by atoms with Crippen molar-refractivity contribution in [2.75, 3.05) is 17.2 Å². The van der Waals surface area contributed by atoms with Gasteiger partial charge in [0.05, 0.1) is 16.5 Å². The van der Waals surface area contributed by atoms with Gasteiger partial charge in [-0.25, -0.2) is 23.7 Å². The number of hydrogen-bond donors (Lipinski definition) is 3. The molecule has 0 unspecified atom stereocenters. The number of halogens is 6. The van der Waals surface area contributed by atoms with Gasteiger partial charge in [-0.1, -0.05) is 0 Å². The van der Waals surface area contributed by atoms with Gasteiger partial charge in [0.25, 0.3) is 0 Å². The first kappa shape index (κ1) is 22.8. The average Bonchev–Trinajstić information content (AvgIpc) is 3.18. The van der Waals surface area contributed by atoms with E-state index < -0.39 is 35.9 Å². The molecule has 0 saturated heterocycles. The molecule has 0 aromatic carbocycles. The summed E-state index contributed by atoms with van der Waals surface area (Å²) in [5.41, 5.74) is -0.452. The van der Waals surface area contributed by atoms with Gasteiger partial charge in [-0.15, -0.1) is 0 Å². The Bertz CT molecular complexity index is 1170. The minimum Gasteiger partial charge on any atom is -0.367 e. The Morgan fingerprint density at radius 1 is 1.15 bits per heavy atom. The van der Waals surface area contributed by atoms with E-state index in [9.17, 15) is 31.1 Å². The number of nitrogens with one attached hydrogen (secondary N) is 3. The molecule has 3 N–H and O–H groups in total. The molecule has 0 atom stereocenters. The van der Waals surface area contributed by atoms with E-state index in [0.717, 1.165) is 6.33 Å². The summed E-state index contributed by atoms with van der Waals surface area (Å²) in [7, 11) is 0. The second-order valence-electron chi connectivity index (χ2n) is 7.76. The minimum absolute atomic E-state index is 0.0171. The van der Waals surface area contributed by atoms with E-state index in [1.54, 1.807) is 0 Å². The number of rotatable bonds is 6. The SMILES string of the molecule is O=C(c1ccc(NC2CCC(F)(F)CC2)nc1F)c1c[nH]c2ncnc(NCC(F)(F)F)c12. The van der Waals surface area contributed by atoms with Gasteiger partial charge >= 0.3 is 6.18 Å². The summed E-state index contributed by atoms with van der Waals surface area (Å²) in [5, 5.41) is 4.99. The van der Waals surface area contributed by atoms with Gasteiger partial charge in [-0.2, -0.15) is 17.6 Å². The highest BCUT2D eigenvalue weighted by atomic mass is 19.4. The zero-order chi connectivity index (χ0) is 23.8. The standard InChI is InChI=1S/C20H18F6N6O/c21-16-11(1-2-13(32-16)31-10-3-5-19(22,23)6-4-10)15(33)12-7-27-17-14(12)18(30-9-29-17)28-8-20(24,25)26/h1-2,7,9-10H,3-6,8H2,(H,31,32)(H2,27,28,29,30). The van der Waals surface area contributed by atoms with Crippen molar-refractivity contribution in [3.8, 4) is 0 Å². The highest BCUT2D eigenvalue weighted by Gasteiger charge is 2.35. The highest BCUT2D eigenvalue weighted by Crippen LogP contribution is 2.34. The fourth-order valence-corrected chi connectivity index (χ4v) is 3.68. The summed E-state index contributed by atoms with van der Waals surface area (Å²) in [4.78, 5) is 27.0. The predicted octanol–water partition coefficient (Wildman–Crippen LogP) is 4.69. The molecule has 1 aliphatic carbocycles. The van der Waals surface area contributed by atoms with Crippen LogP contribution in [0.4, 0.5) is 38.0 Å². The molecule has 0 bridgehead atoms. The molecule has 7 nitrogen and oxygen atoms in total. The molecule has 1 fully saturated rings. The smallest absolute Gasteiger partial charge is 0.367 e. The van der Waals surface area contributed by atoms with Gasteiger partial charge in [0.15, 0.2) is 5.78 Å². The number of hydrogen-bond acceptors (Lipinski definition) is 6. The topological polar surface area (TPSA) is 95.6 Å². The van der Waals surface area contributed by atoms with Crippen LogP contribution in [0.25, 0.3) is 11.0 Å². The first-order valence-electron chi connectivity index (χ1n) is 10.0. The zero-order valence-electron chi connectivity index (χ0n) is 16.9. The Labute approximate surface area is 183 Å². The van der Waals surface area contributed by atoms with E-state index in [2.05, 4.69) is 30.6 Å². The van der Waals surface area contributed by atoms with Crippen LogP contribution in [-0.2, 0) is 0 Å². The Kier molecular flexibility index (Phi) is 5.89. The minimum atomic E-state index is -4.52. The third-order valence-corrected chi connectivity index (χ3v) is 5.33. The van der Waals surface area contributed by atoms with Crippen LogP contribution in [0.3, 0.4) is 0 Å². The number of anilines is 2. The lowest BCUT2D eigenvalue weighted by Gasteiger charge is -2.29. The second-order valence-corrected chi connectivity index (χ2v) is 7.76. The molecular weight excluding hydrogens is 454 g/mol. The molecule has 0 aliphatic heterocycles. The number of alkyl halides is 5. The Morgan fingerprint density at radius 3 is 2.55 bits per heavy atom. The van der Waals surface area contributed by atoms with Crippen LogP contribution in [0.2, 0.25) is 0 Å². The number of aromatic amines is 1. The van der Waals surface area contributed by atoms with Crippen molar-refractivity contribution in [3.63, 3.8) is 0 Å². The number of carbonyl (C=O) groups is 1. The molecule has 3 aromatic heterocycles. The third-order valence-electron chi connectivity index (χ3n) is 5.33. The molecule has 0 radical (unpaired) electrons. The van der Waals surface area contributed by atoms with Crippen molar-refractivity contribution >= 4 is 28.5 Å². The first-order valence-corrected chi connectivity index (χ1v) is 10.0. The van der Waals surface area contributed by atoms with Crippen LogP contribution >= 0.6 is 0 Å². The third kappa shape index (κ3) is 5.17. The fourth-order valence-electron chi connectivity index (χ4n) is 3.68. The molecular formula is C20H18F6N6O. The lowest BCUT2D eigenvalue weighted by Crippen LogP contribution is -2.32. The molecule has 13 heteroatoms. The van der Waals surface area contributed by atoms with Gasteiger partial charge in [-0.3, -0.25) is 4.79 Å². The molecule has 0 amide bonds. The van der Waals surface area contributed by atoms with Crippen molar-refractivity contribution < 1.29 is 31.1 Å². The quantitative estimate of drug-likeness (QED) is 0.274. The number of pyridine rings is 1. The van der Waals surface area contributed by atoms with Crippen molar-refractivity contribution in [2.24, 2.45) is 0 Å². The van der Waals surface area contributed by atoms with Crippen molar-refractivity contribution in [2.45, 2.75) is 43.8 Å². The number of nitrogens with zero attached hydrogens (tertiary/aromatic N) is 3. The van der Waals surface area contributed by atoms with E-state index in [0.29, 0.717) is 0 Å². The number of carbonyl (C=O) groups excluding carboxylic acids is 1. The Morgan fingerprint density at radius 2 is 1.88 bits per heavy atom. The summed E-state index contributed by atoms with van der Waals surface area (Å²) in [6, 6.07) is 2.22. The molecule has 4 rings (SSSR count). The number of H-pyrrole nitrogens is 1. The number of fused-ring (bicyclic) bond motifs is 1. The van der Waals surface area contributed by atoms with Gasteiger partial charge < -0.3 is 15.6 Å². The van der Waals surface area contributed by atoms with Crippen LogP contribution in [0, 0.1) is 5.95 Å². The maximum absolute atomic E-state index is 14.7. The van der Waals surface area contributed by atoms with Crippen LogP contribution < -0.4 is 10.6 Å². The van der Waals surface area contributed by atoms with E-state index >= 15 is 0 Å². The van der Waals surface area contributed by atoms with Gasteiger partial charge in [0.1, 0.15) is 30.2 Å². The van der Waals surface area contributed by atoms with Crippen molar-refractivity contribution in [1.82, 2.24) is 19.9 Å². The lowest BCUT2D eigenvalue weighted by atomic mass is 9.92. The maximum atomic E-state index is 14.7. The van der Waals surface area contributed by atoms with Crippen molar-refractivity contribution in [1.29, 1.82) is 0 Å². The van der Waals surface area contributed by atoms with Crippen LogP contribution in [-0.4, -0.2) is 50.4 Å². The van der Waals surface area contributed by atoms with E-state index in [1.807, 2.05) is 0 Å². The summed E-state index contributed by atoms with van der Waals surface area (Å²) >= 11 is 0. The Balaban J connectivity index is 1.56. The van der Waals surface area contributed by atoms with E-state index in [-0.39, 0.29) is 60.0 Å². The molecule has 33 heavy (non-hydrogen) atoms. The summed E-state index contributed by atoms with van der Waals surface area (Å²) < 4.78 is 79.1. The van der Waals surface area contributed by atoms with E-state index in [4.69, 9.17) is 0 Å². The lowest BCUT2D eigenvalue weighted by molar-refractivity contribution is -0.115. The number of aromatic nitrogens is 4. The van der Waals surface area contributed by atoms with Gasteiger partial charge in [-0.05, 0) is 25.0 Å². The zero-order valence-corrected chi connectivity index (χ0v) is 16.9. The van der Waals surface area contributed by atoms with E-state index in [1.165, 1.54) is 18.3 Å². The fraction of sp³-hybridized carbons (Fsp3) is 0.400. The monoisotopic (exact) mass is 472 g/mol. The van der Waals surface area contributed by atoms with Gasteiger partial charge in [0.2, 0.25) is 11.9 Å². The summed E-state index contributed by atoms with van der Waals surface area (Å²) in [6.07, 6.45) is -2.47. The summed E-state index contributed by atoms with van der Waals surface area (Å²) in [6.45, 7) is -1.39. The predicted molar refractivity (Wildman–Crippen MR) is 107 cm³/mol. The average molecular weight is 472 g/mol. The highest BCUT2D eigenvalue weighted by molar-refractivity contribution is 6.18. The first-order chi connectivity index (χ1) is 15.5. The largest absolute Gasteiger partial charge is 0.405 e. The molecule has 3 aromatic rings. The van der Waals surface area contributed by atoms with Gasteiger partial charge in [0, 0.05) is 25.1 Å². The van der Waals surface area contributed by atoms with Crippen LogP contribution in [0.1, 0.15) is 41.6 Å². The van der Waals surface area contributed by atoms with Crippen LogP contribution in [0.5, 0.6) is 0 Å². The number of ketones is 1. The Hall–Kier alpha value is -3.38. The van der Waals surface area contributed by atoms with Crippen molar-refractivity contribution in [3.05, 3.63) is 41.7 Å². The molecule has 0 spiro atoms. The van der Waals surface area contributed by atoms with Crippen LogP contribution in [0.15, 0.2) is 24.7 Å². The molecule has 3 heterocycles.